The zero-order chi connectivity index (χ0) is 15.0. The van der Waals surface area contributed by atoms with Crippen molar-refractivity contribution in [3.8, 4) is 12.3 Å². The van der Waals surface area contributed by atoms with E-state index in [2.05, 4.69) is 11.2 Å². The largest absolute Gasteiger partial charge is 0.481 e. The molecule has 21 heavy (non-hydrogen) atoms. The molecule has 5 nitrogen and oxygen atoms in total. The Morgan fingerprint density at radius 2 is 2.00 bits per heavy atom. The zero-order valence-corrected chi connectivity index (χ0v) is 11.3. The summed E-state index contributed by atoms with van der Waals surface area (Å²) >= 11 is 0. The van der Waals surface area contributed by atoms with E-state index in [1.807, 2.05) is 0 Å². The predicted octanol–water partition coefficient (Wildman–Crippen LogP) is 1.48. The lowest BCUT2D eigenvalue weighted by Crippen LogP contribution is -2.40. The maximum absolute atomic E-state index is 12.4. The van der Waals surface area contributed by atoms with Gasteiger partial charge < -0.3 is 15.2 Å². The molecule has 5 heteroatoms. The average Bonchev–Trinajstić information content (AvgIpc) is 3.07. The van der Waals surface area contributed by atoms with E-state index in [-0.39, 0.29) is 18.1 Å². The number of fused-ring (bicyclic) bond motifs is 2. The summed E-state index contributed by atoms with van der Waals surface area (Å²) in [4.78, 5) is 23.8. The second-order valence-electron chi connectivity index (χ2n) is 5.39. The van der Waals surface area contributed by atoms with Gasteiger partial charge >= 0.3 is 5.97 Å². The summed E-state index contributed by atoms with van der Waals surface area (Å²) in [6.45, 7) is 0. The van der Waals surface area contributed by atoms with Crippen LogP contribution in [0.2, 0.25) is 0 Å². The van der Waals surface area contributed by atoms with Gasteiger partial charge in [0, 0.05) is 11.3 Å². The molecule has 2 saturated heterocycles. The third-order valence-electron chi connectivity index (χ3n) is 4.16. The van der Waals surface area contributed by atoms with Crippen LogP contribution in [0.1, 0.15) is 18.4 Å². The smallest absolute Gasteiger partial charge is 0.310 e. The third kappa shape index (κ3) is 2.39. The van der Waals surface area contributed by atoms with Gasteiger partial charge in [-0.1, -0.05) is 12.0 Å². The SMILES string of the molecule is C#Cc1cccc(NC(=O)C2C(C(=O)O)[C@H]3CC[C@H]2O3)c1. The first-order chi connectivity index (χ1) is 10.1. The Morgan fingerprint density at radius 1 is 1.29 bits per heavy atom. The lowest BCUT2D eigenvalue weighted by Gasteiger charge is -2.23. The number of carbonyl (C=O) groups excluding carboxylic acids is 1. The molecule has 0 saturated carbocycles. The summed E-state index contributed by atoms with van der Waals surface area (Å²) in [7, 11) is 0. The Kier molecular flexibility index (Phi) is 3.40. The molecule has 1 amide bonds. The van der Waals surface area contributed by atoms with Crippen molar-refractivity contribution in [1.29, 1.82) is 0 Å². The van der Waals surface area contributed by atoms with Gasteiger partial charge in [0.2, 0.25) is 5.91 Å². The Hall–Kier alpha value is -2.32. The van der Waals surface area contributed by atoms with Crippen LogP contribution >= 0.6 is 0 Å². The fourth-order valence-corrected chi connectivity index (χ4v) is 3.24. The number of terminal acetylenes is 1. The summed E-state index contributed by atoms with van der Waals surface area (Å²) in [5, 5.41) is 12.1. The van der Waals surface area contributed by atoms with Crippen LogP contribution in [0.4, 0.5) is 5.69 Å². The van der Waals surface area contributed by atoms with E-state index in [0.717, 1.165) is 6.42 Å². The van der Waals surface area contributed by atoms with E-state index in [0.29, 0.717) is 17.7 Å². The van der Waals surface area contributed by atoms with Crippen LogP contribution < -0.4 is 5.32 Å². The lowest BCUT2D eigenvalue weighted by atomic mass is 9.78. The molecule has 2 fully saturated rings. The summed E-state index contributed by atoms with van der Waals surface area (Å²) < 4.78 is 5.59. The Labute approximate surface area is 122 Å². The first kappa shape index (κ1) is 13.7. The molecule has 2 N–H and O–H groups in total. The van der Waals surface area contributed by atoms with E-state index in [9.17, 15) is 14.7 Å². The number of carboxylic acids is 1. The number of carboxylic acid groups (broad SMARTS) is 1. The molecule has 1 aromatic rings. The topological polar surface area (TPSA) is 75.6 Å². The van der Waals surface area contributed by atoms with Gasteiger partial charge in [-0.2, -0.15) is 0 Å². The molecule has 3 rings (SSSR count). The van der Waals surface area contributed by atoms with Crippen molar-refractivity contribution in [3.05, 3.63) is 29.8 Å². The number of nitrogens with one attached hydrogen (secondary N) is 1. The highest BCUT2D eigenvalue weighted by Crippen LogP contribution is 2.44. The molecule has 2 unspecified atom stereocenters. The second kappa shape index (κ2) is 5.23. The minimum atomic E-state index is -0.972. The number of hydrogen-bond donors (Lipinski definition) is 2. The first-order valence-electron chi connectivity index (χ1n) is 6.86. The number of aliphatic carboxylic acids is 1. The molecule has 4 atom stereocenters. The standard InChI is InChI=1S/C16H15NO4/c1-2-9-4-3-5-10(8-9)17-15(18)13-11-6-7-12(21-11)14(13)16(19)20/h1,3-5,8,11-14H,6-7H2,(H,17,18)(H,19,20)/t11-,12-,13?,14?/m1/s1. The molecule has 0 aliphatic carbocycles. The average molecular weight is 285 g/mol. The van der Waals surface area contributed by atoms with Crippen molar-refractivity contribution in [3.63, 3.8) is 0 Å². The molecule has 0 spiro atoms. The highest BCUT2D eigenvalue weighted by atomic mass is 16.5. The Morgan fingerprint density at radius 3 is 2.67 bits per heavy atom. The predicted molar refractivity (Wildman–Crippen MR) is 75.5 cm³/mol. The first-order valence-corrected chi connectivity index (χ1v) is 6.86. The van der Waals surface area contributed by atoms with E-state index in [4.69, 9.17) is 11.2 Å². The van der Waals surface area contributed by atoms with Crippen molar-refractivity contribution >= 4 is 17.6 Å². The molecule has 2 heterocycles. The van der Waals surface area contributed by atoms with Crippen LogP contribution in [0.15, 0.2) is 24.3 Å². The Balaban J connectivity index is 1.78. The molecule has 1 aromatic carbocycles. The van der Waals surface area contributed by atoms with E-state index in [1.54, 1.807) is 24.3 Å². The molecular formula is C16H15NO4. The number of benzene rings is 1. The summed E-state index contributed by atoms with van der Waals surface area (Å²) in [6.07, 6.45) is 6.12. The minimum absolute atomic E-state index is 0.299. The van der Waals surface area contributed by atoms with Gasteiger partial charge in [0.1, 0.15) is 0 Å². The maximum Gasteiger partial charge on any atom is 0.310 e. The van der Waals surface area contributed by atoms with Crippen molar-refractivity contribution in [2.45, 2.75) is 25.0 Å². The zero-order valence-electron chi connectivity index (χ0n) is 11.3. The van der Waals surface area contributed by atoms with Gasteiger partial charge in [-0.05, 0) is 31.0 Å². The quantitative estimate of drug-likeness (QED) is 0.825. The van der Waals surface area contributed by atoms with Gasteiger partial charge in [-0.25, -0.2) is 0 Å². The molecular weight excluding hydrogens is 270 g/mol. The van der Waals surface area contributed by atoms with Crippen LogP contribution in [-0.2, 0) is 14.3 Å². The molecule has 2 bridgehead atoms. The van der Waals surface area contributed by atoms with Crippen molar-refractivity contribution in [2.75, 3.05) is 5.32 Å². The molecule has 2 aliphatic rings. The maximum atomic E-state index is 12.4. The normalized spacial score (nSPS) is 29.9. The number of carbonyl (C=O) groups is 2. The highest BCUT2D eigenvalue weighted by Gasteiger charge is 2.55. The number of amides is 1. The lowest BCUT2D eigenvalue weighted by molar-refractivity contribution is -0.147. The number of anilines is 1. The Bertz CT molecular complexity index is 633. The number of hydrogen-bond acceptors (Lipinski definition) is 3. The summed E-state index contributed by atoms with van der Waals surface area (Å²) in [5.74, 6) is -0.202. The monoisotopic (exact) mass is 285 g/mol. The van der Waals surface area contributed by atoms with Crippen LogP contribution in [0.25, 0.3) is 0 Å². The second-order valence-corrected chi connectivity index (χ2v) is 5.39. The van der Waals surface area contributed by atoms with Crippen molar-refractivity contribution in [1.82, 2.24) is 0 Å². The molecule has 0 aromatic heterocycles. The minimum Gasteiger partial charge on any atom is -0.481 e. The number of ether oxygens (including phenoxy) is 1. The van der Waals surface area contributed by atoms with Crippen molar-refractivity contribution in [2.24, 2.45) is 11.8 Å². The van der Waals surface area contributed by atoms with Gasteiger partial charge in [0.15, 0.2) is 0 Å². The van der Waals surface area contributed by atoms with Crippen LogP contribution in [0.5, 0.6) is 0 Å². The van der Waals surface area contributed by atoms with Crippen LogP contribution in [-0.4, -0.2) is 29.2 Å². The number of rotatable bonds is 3. The van der Waals surface area contributed by atoms with Gasteiger partial charge in [-0.3, -0.25) is 9.59 Å². The highest BCUT2D eigenvalue weighted by molar-refractivity contribution is 5.96. The summed E-state index contributed by atoms with van der Waals surface area (Å²) in [5.41, 5.74) is 1.23. The summed E-state index contributed by atoms with van der Waals surface area (Å²) in [6, 6.07) is 6.91. The van der Waals surface area contributed by atoms with Crippen LogP contribution in [0.3, 0.4) is 0 Å². The van der Waals surface area contributed by atoms with Gasteiger partial charge in [0.25, 0.3) is 0 Å². The fraction of sp³-hybridized carbons (Fsp3) is 0.375. The third-order valence-corrected chi connectivity index (χ3v) is 4.16. The molecule has 108 valence electrons. The van der Waals surface area contributed by atoms with E-state index >= 15 is 0 Å². The fourth-order valence-electron chi connectivity index (χ4n) is 3.24. The van der Waals surface area contributed by atoms with E-state index in [1.165, 1.54) is 0 Å². The van der Waals surface area contributed by atoms with Gasteiger partial charge in [0.05, 0.1) is 24.0 Å². The van der Waals surface area contributed by atoms with Crippen molar-refractivity contribution < 1.29 is 19.4 Å². The molecule has 2 aliphatic heterocycles. The van der Waals surface area contributed by atoms with Gasteiger partial charge in [-0.15, -0.1) is 6.42 Å². The van der Waals surface area contributed by atoms with Crippen LogP contribution in [0, 0.1) is 24.2 Å². The molecule has 0 radical (unpaired) electrons. The van der Waals surface area contributed by atoms with E-state index < -0.39 is 17.8 Å².